The lowest BCUT2D eigenvalue weighted by Gasteiger charge is -2.08. The van der Waals surface area contributed by atoms with E-state index in [0.717, 1.165) is 24.8 Å². The number of unbranched alkanes of at least 4 members (excludes halogenated alkanes) is 5. The lowest BCUT2D eigenvalue weighted by atomic mass is 10.0. The first-order valence-electron chi connectivity index (χ1n) is 8.48. The number of rotatable bonds is 10. The number of benzene rings is 2. The first-order valence-corrected chi connectivity index (χ1v) is 8.48. The van der Waals surface area contributed by atoms with Crippen LogP contribution in [0.1, 0.15) is 38.5 Å². The monoisotopic (exact) mass is 326 g/mol. The molecule has 0 heterocycles. The molecule has 0 amide bonds. The van der Waals surface area contributed by atoms with E-state index in [-0.39, 0.29) is 10.6 Å². The molecule has 4 nitrogen and oxygen atoms in total. The molecule has 0 aliphatic carbocycles. The molecule has 0 fully saturated rings. The van der Waals surface area contributed by atoms with Crippen molar-refractivity contribution in [3.63, 3.8) is 0 Å². The van der Waals surface area contributed by atoms with Crippen LogP contribution in [-0.4, -0.2) is 11.5 Å². The maximum absolute atomic E-state index is 11.4. The van der Waals surface area contributed by atoms with Crippen molar-refractivity contribution in [2.45, 2.75) is 38.5 Å². The lowest BCUT2D eigenvalue weighted by molar-refractivity contribution is -0.384. The molecule has 2 aromatic carbocycles. The second kappa shape index (κ2) is 9.71. The predicted molar refractivity (Wildman–Crippen MR) is 97.1 cm³/mol. The van der Waals surface area contributed by atoms with Crippen molar-refractivity contribution in [1.82, 2.24) is 0 Å². The van der Waals surface area contributed by atoms with E-state index in [1.807, 2.05) is 30.3 Å². The molecule has 0 aliphatic rings. The Hall–Kier alpha value is -2.36. The minimum absolute atomic E-state index is 0.0779. The predicted octanol–water partition coefficient (Wildman–Crippen LogP) is 5.82. The summed E-state index contributed by atoms with van der Waals surface area (Å²) in [5.41, 5.74) is 1.52. The van der Waals surface area contributed by atoms with E-state index in [1.165, 1.54) is 25.3 Å². The van der Waals surface area contributed by atoms with Crippen LogP contribution < -0.4 is 4.74 Å². The molecule has 0 spiro atoms. The molecule has 2 rings (SSSR count). The molecule has 0 aromatic heterocycles. The van der Waals surface area contributed by atoms with Crippen LogP contribution in [0.5, 0.6) is 5.75 Å². The molecule has 0 atom stereocenters. The third-order valence-corrected chi connectivity index (χ3v) is 3.91. The van der Waals surface area contributed by atoms with Crippen molar-refractivity contribution in [2.75, 3.05) is 6.61 Å². The molecule has 0 saturated heterocycles. The average Bonchev–Trinajstić information content (AvgIpc) is 2.61. The lowest BCUT2D eigenvalue weighted by Crippen LogP contribution is -1.99. The van der Waals surface area contributed by atoms with Gasteiger partial charge in [-0.1, -0.05) is 69.4 Å². The Morgan fingerprint density at radius 1 is 0.958 bits per heavy atom. The van der Waals surface area contributed by atoms with Crippen molar-refractivity contribution in [3.8, 4) is 16.9 Å². The van der Waals surface area contributed by atoms with Crippen LogP contribution in [0.15, 0.2) is 48.5 Å². The second-order valence-electron chi connectivity index (χ2n) is 5.77. The van der Waals surface area contributed by atoms with Crippen LogP contribution in [0, 0.1) is 17.0 Å². The molecule has 24 heavy (non-hydrogen) atoms. The summed E-state index contributed by atoms with van der Waals surface area (Å²) in [6.45, 7) is 4.42. The van der Waals surface area contributed by atoms with Gasteiger partial charge in [0, 0.05) is 0 Å². The van der Waals surface area contributed by atoms with Crippen molar-refractivity contribution in [2.24, 2.45) is 0 Å². The fraction of sp³-hybridized carbons (Fsp3) is 0.350. The summed E-state index contributed by atoms with van der Waals surface area (Å²) in [6, 6.07) is 14.5. The third-order valence-electron chi connectivity index (χ3n) is 3.91. The first kappa shape index (κ1) is 18.0. The SMILES string of the molecule is [CH2]CCCCCCCOc1ccc(-c2ccccc2)c([N+](=O)[O-])c1. The molecule has 4 heteroatoms. The Bertz CT molecular complexity index is 641. The second-order valence-corrected chi connectivity index (χ2v) is 5.77. The molecule has 0 aliphatic heterocycles. The number of nitro groups is 1. The molecule has 0 saturated carbocycles. The van der Waals surface area contributed by atoms with E-state index in [2.05, 4.69) is 6.92 Å². The first-order chi connectivity index (χ1) is 11.7. The summed E-state index contributed by atoms with van der Waals surface area (Å²) in [5, 5.41) is 11.4. The number of nitrogens with zero attached hydrogens (tertiary/aromatic N) is 1. The number of hydrogen-bond donors (Lipinski definition) is 0. The Labute approximate surface area is 143 Å². The fourth-order valence-corrected chi connectivity index (χ4v) is 2.61. The molecule has 1 radical (unpaired) electrons. The Morgan fingerprint density at radius 2 is 1.67 bits per heavy atom. The molecular weight excluding hydrogens is 302 g/mol. The van der Waals surface area contributed by atoms with Gasteiger partial charge >= 0.3 is 0 Å². The number of ether oxygens (including phenoxy) is 1. The number of hydrogen-bond acceptors (Lipinski definition) is 3. The van der Waals surface area contributed by atoms with Crippen LogP contribution >= 0.6 is 0 Å². The van der Waals surface area contributed by atoms with Gasteiger partial charge in [0.05, 0.1) is 23.2 Å². The number of nitro benzene ring substituents is 1. The van der Waals surface area contributed by atoms with Gasteiger partial charge in [-0.05, 0) is 24.1 Å². The Balaban J connectivity index is 1.95. The molecule has 127 valence electrons. The molecular formula is C20H24NO3. The van der Waals surface area contributed by atoms with Gasteiger partial charge in [0.2, 0.25) is 0 Å². The van der Waals surface area contributed by atoms with E-state index < -0.39 is 0 Å². The van der Waals surface area contributed by atoms with E-state index in [0.29, 0.717) is 17.9 Å². The summed E-state index contributed by atoms with van der Waals surface area (Å²) >= 11 is 0. The van der Waals surface area contributed by atoms with Crippen LogP contribution in [-0.2, 0) is 0 Å². The zero-order valence-corrected chi connectivity index (χ0v) is 13.9. The van der Waals surface area contributed by atoms with Crippen molar-refractivity contribution < 1.29 is 9.66 Å². The zero-order chi connectivity index (χ0) is 17.2. The largest absolute Gasteiger partial charge is 0.493 e. The highest BCUT2D eigenvalue weighted by atomic mass is 16.6. The highest BCUT2D eigenvalue weighted by molar-refractivity contribution is 5.74. The van der Waals surface area contributed by atoms with Gasteiger partial charge in [-0.2, -0.15) is 0 Å². The van der Waals surface area contributed by atoms with E-state index in [9.17, 15) is 10.1 Å². The van der Waals surface area contributed by atoms with Crippen molar-refractivity contribution in [3.05, 3.63) is 65.6 Å². The molecule has 0 N–H and O–H groups in total. The standard InChI is InChI=1S/C20H24NO3/c1-2-3-4-5-6-10-15-24-18-13-14-19(20(16-18)21(22)23)17-11-8-7-9-12-17/h7-9,11-14,16H,1-6,10,15H2. The Morgan fingerprint density at radius 3 is 2.38 bits per heavy atom. The van der Waals surface area contributed by atoms with Gasteiger partial charge in [-0.3, -0.25) is 10.1 Å². The fourth-order valence-electron chi connectivity index (χ4n) is 2.61. The maximum Gasteiger partial charge on any atom is 0.280 e. The van der Waals surface area contributed by atoms with Crippen LogP contribution in [0.3, 0.4) is 0 Å². The van der Waals surface area contributed by atoms with Gasteiger partial charge in [-0.25, -0.2) is 0 Å². The van der Waals surface area contributed by atoms with Crippen molar-refractivity contribution >= 4 is 5.69 Å². The van der Waals surface area contributed by atoms with Gasteiger partial charge in [0.25, 0.3) is 5.69 Å². The van der Waals surface area contributed by atoms with E-state index in [1.54, 1.807) is 12.1 Å². The summed E-state index contributed by atoms with van der Waals surface area (Å²) in [4.78, 5) is 11.0. The van der Waals surface area contributed by atoms with Crippen LogP contribution in [0.25, 0.3) is 11.1 Å². The summed E-state index contributed by atoms with van der Waals surface area (Å²) < 4.78 is 5.68. The molecule has 0 bridgehead atoms. The molecule has 0 unspecified atom stereocenters. The summed E-state index contributed by atoms with van der Waals surface area (Å²) in [6.07, 6.45) is 6.64. The van der Waals surface area contributed by atoms with Gasteiger partial charge in [-0.15, -0.1) is 0 Å². The van der Waals surface area contributed by atoms with Gasteiger partial charge in [0.1, 0.15) is 5.75 Å². The summed E-state index contributed by atoms with van der Waals surface area (Å²) in [5.74, 6) is 0.555. The normalized spacial score (nSPS) is 10.5. The zero-order valence-electron chi connectivity index (χ0n) is 13.9. The van der Waals surface area contributed by atoms with Gasteiger partial charge in [0.15, 0.2) is 0 Å². The summed E-state index contributed by atoms with van der Waals surface area (Å²) in [7, 11) is 0. The van der Waals surface area contributed by atoms with E-state index >= 15 is 0 Å². The van der Waals surface area contributed by atoms with E-state index in [4.69, 9.17) is 4.74 Å². The maximum atomic E-state index is 11.4. The molecule has 2 aromatic rings. The average molecular weight is 326 g/mol. The van der Waals surface area contributed by atoms with Crippen LogP contribution in [0.2, 0.25) is 0 Å². The minimum atomic E-state index is -0.353. The third kappa shape index (κ3) is 5.37. The minimum Gasteiger partial charge on any atom is -0.493 e. The quantitative estimate of drug-likeness (QED) is 0.314. The van der Waals surface area contributed by atoms with Crippen LogP contribution in [0.4, 0.5) is 5.69 Å². The van der Waals surface area contributed by atoms with Crippen molar-refractivity contribution in [1.29, 1.82) is 0 Å². The smallest absolute Gasteiger partial charge is 0.280 e. The highest BCUT2D eigenvalue weighted by Gasteiger charge is 2.16. The topological polar surface area (TPSA) is 52.4 Å². The van der Waals surface area contributed by atoms with Gasteiger partial charge < -0.3 is 4.74 Å². The highest BCUT2D eigenvalue weighted by Crippen LogP contribution is 2.33. The Kier molecular flexibility index (Phi) is 7.27.